The Morgan fingerprint density at radius 1 is 1.00 bits per heavy atom. The molecular weight excluding hydrogens is 392 g/mol. The van der Waals surface area contributed by atoms with E-state index in [4.69, 9.17) is 4.74 Å². The average molecular weight is 414 g/mol. The van der Waals surface area contributed by atoms with Crippen LogP contribution in [0.25, 0.3) is 5.76 Å². The number of carbonyl (C=O) groups is 2. The highest BCUT2D eigenvalue weighted by Gasteiger charge is 2.46. The molecular formula is C25H22N2O4. The Morgan fingerprint density at radius 2 is 1.65 bits per heavy atom. The van der Waals surface area contributed by atoms with Gasteiger partial charge in [0.15, 0.2) is 0 Å². The van der Waals surface area contributed by atoms with Crippen molar-refractivity contribution < 1.29 is 19.4 Å². The number of hydrogen-bond acceptors (Lipinski definition) is 5. The van der Waals surface area contributed by atoms with Crippen LogP contribution in [0.15, 0.2) is 78.6 Å². The summed E-state index contributed by atoms with van der Waals surface area (Å²) < 4.78 is 5.24. The summed E-state index contributed by atoms with van der Waals surface area (Å²) in [4.78, 5) is 31.6. The number of ether oxygens (including phenoxy) is 1. The van der Waals surface area contributed by atoms with Crippen molar-refractivity contribution in [2.45, 2.75) is 19.4 Å². The van der Waals surface area contributed by atoms with Gasteiger partial charge in [0.1, 0.15) is 11.5 Å². The number of anilines is 1. The van der Waals surface area contributed by atoms with E-state index in [0.29, 0.717) is 22.6 Å². The largest absolute Gasteiger partial charge is 0.507 e. The number of methoxy groups -OCH3 is 1. The number of benzene rings is 2. The lowest BCUT2D eigenvalue weighted by atomic mass is 9.95. The van der Waals surface area contributed by atoms with Crippen LogP contribution < -0.4 is 9.64 Å². The van der Waals surface area contributed by atoms with E-state index >= 15 is 0 Å². The molecule has 2 heterocycles. The molecule has 6 nitrogen and oxygen atoms in total. The van der Waals surface area contributed by atoms with Crippen LogP contribution in [0.5, 0.6) is 5.75 Å². The second-order valence-electron chi connectivity index (χ2n) is 7.20. The van der Waals surface area contributed by atoms with Gasteiger partial charge in [-0.15, -0.1) is 0 Å². The molecule has 1 aliphatic rings. The van der Waals surface area contributed by atoms with E-state index in [1.807, 2.05) is 31.2 Å². The van der Waals surface area contributed by atoms with Crippen LogP contribution >= 0.6 is 0 Å². The summed E-state index contributed by atoms with van der Waals surface area (Å²) in [6, 6.07) is 17.1. The maximum atomic E-state index is 13.1. The van der Waals surface area contributed by atoms with E-state index < -0.39 is 17.7 Å². The number of carbonyl (C=O) groups excluding carboxylic acids is 2. The number of aliphatic hydroxyl groups is 1. The lowest BCUT2D eigenvalue weighted by molar-refractivity contribution is -0.132. The third-order valence-corrected chi connectivity index (χ3v) is 5.45. The molecule has 1 aliphatic heterocycles. The molecule has 0 aliphatic carbocycles. The molecule has 1 unspecified atom stereocenters. The SMILES string of the molecule is CCc1ccc(N2C(=O)C(=O)/C(=C(\O)c3ccncc3)C2c2ccc(OC)cc2)cc1. The minimum absolute atomic E-state index is 0.0425. The second-order valence-corrected chi connectivity index (χ2v) is 7.20. The number of nitrogens with zero attached hydrogens (tertiary/aromatic N) is 2. The first-order valence-electron chi connectivity index (χ1n) is 9.99. The molecule has 1 aromatic heterocycles. The zero-order valence-electron chi connectivity index (χ0n) is 17.3. The lowest BCUT2D eigenvalue weighted by Crippen LogP contribution is -2.29. The van der Waals surface area contributed by atoms with Gasteiger partial charge in [0, 0.05) is 23.6 Å². The van der Waals surface area contributed by atoms with E-state index in [-0.39, 0.29) is 11.3 Å². The fraction of sp³-hybridized carbons (Fsp3) is 0.160. The first kappa shape index (κ1) is 20.3. The number of aryl methyl sites for hydroxylation is 1. The van der Waals surface area contributed by atoms with E-state index in [2.05, 4.69) is 4.98 Å². The Labute approximate surface area is 180 Å². The zero-order chi connectivity index (χ0) is 22.0. The Bertz CT molecular complexity index is 1140. The maximum absolute atomic E-state index is 13.1. The maximum Gasteiger partial charge on any atom is 0.300 e. The van der Waals surface area contributed by atoms with E-state index in [9.17, 15) is 14.7 Å². The summed E-state index contributed by atoms with van der Waals surface area (Å²) in [5.74, 6) is -0.980. The molecule has 1 atom stereocenters. The van der Waals surface area contributed by atoms with Crippen LogP contribution in [0.2, 0.25) is 0 Å². The van der Waals surface area contributed by atoms with Crippen LogP contribution in [-0.4, -0.2) is 28.9 Å². The van der Waals surface area contributed by atoms with Crippen LogP contribution in [-0.2, 0) is 16.0 Å². The Balaban J connectivity index is 1.90. The van der Waals surface area contributed by atoms with Crippen molar-refractivity contribution in [1.29, 1.82) is 0 Å². The third-order valence-electron chi connectivity index (χ3n) is 5.45. The quantitative estimate of drug-likeness (QED) is 0.383. The van der Waals surface area contributed by atoms with Gasteiger partial charge in [0.25, 0.3) is 11.7 Å². The summed E-state index contributed by atoms with van der Waals surface area (Å²) in [5.41, 5.74) is 2.87. The number of amides is 1. The summed E-state index contributed by atoms with van der Waals surface area (Å²) in [5, 5.41) is 11.0. The topological polar surface area (TPSA) is 79.7 Å². The molecule has 2 aromatic carbocycles. The van der Waals surface area contributed by atoms with Crippen molar-refractivity contribution in [3.05, 3.63) is 95.3 Å². The zero-order valence-corrected chi connectivity index (χ0v) is 17.3. The summed E-state index contributed by atoms with van der Waals surface area (Å²) in [6.07, 6.45) is 3.91. The molecule has 6 heteroatoms. The lowest BCUT2D eigenvalue weighted by Gasteiger charge is -2.25. The minimum atomic E-state index is -0.772. The van der Waals surface area contributed by atoms with Gasteiger partial charge in [-0.1, -0.05) is 31.2 Å². The predicted molar refractivity (Wildman–Crippen MR) is 118 cm³/mol. The van der Waals surface area contributed by atoms with E-state index in [0.717, 1.165) is 12.0 Å². The highest BCUT2D eigenvalue weighted by molar-refractivity contribution is 6.51. The van der Waals surface area contributed by atoms with Gasteiger partial charge in [-0.05, 0) is 53.9 Å². The second kappa shape index (κ2) is 8.44. The molecule has 1 amide bonds. The average Bonchev–Trinajstić information content (AvgIpc) is 3.09. The Kier molecular flexibility index (Phi) is 5.54. The molecule has 0 bridgehead atoms. The number of pyridine rings is 1. The molecule has 1 N–H and O–H groups in total. The number of hydrogen-bond donors (Lipinski definition) is 1. The van der Waals surface area contributed by atoms with Crippen molar-refractivity contribution in [2.75, 3.05) is 12.0 Å². The van der Waals surface area contributed by atoms with Crippen molar-refractivity contribution in [3.63, 3.8) is 0 Å². The highest BCUT2D eigenvalue weighted by atomic mass is 16.5. The molecule has 156 valence electrons. The van der Waals surface area contributed by atoms with Gasteiger partial charge >= 0.3 is 0 Å². The van der Waals surface area contributed by atoms with Gasteiger partial charge in [-0.2, -0.15) is 0 Å². The Morgan fingerprint density at radius 3 is 2.23 bits per heavy atom. The summed E-state index contributed by atoms with van der Waals surface area (Å²) in [7, 11) is 1.57. The van der Waals surface area contributed by atoms with E-state index in [1.165, 1.54) is 17.3 Å². The molecule has 0 spiro atoms. The van der Waals surface area contributed by atoms with Crippen LogP contribution in [0.3, 0.4) is 0 Å². The Hall–Kier alpha value is -3.93. The fourth-order valence-corrected chi connectivity index (χ4v) is 3.76. The molecule has 1 fully saturated rings. The van der Waals surface area contributed by atoms with Gasteiger partial charge < -0.3 is 9.84 Å². The molecule has 31 heavy (non-hydrogen) atoms. The van der Waals surface area contributed by atoms with Crippen molar-refractivity contribution in [2.24, 2.45) is 0 Å². The number of ketones is 1. The van der Waals surface area contributed by atoms with Gasteiger partial charge in [-0.3, -0.25) is 19.5 Å². The third kappa shape index (κ3) is 3.68. The fourth-order valence-electron chi connectivity index (χ4n) is 3.76. The number of Topliss-reactive ketones (excluding diaryl/α,β-unsaturated/α-hetero) is 1. The van der Waals surface area contributed by atoms with Gasteiger partial charge in [0.05, 0.1) is 18.7 Å². The predicted octanol–water partition coefficient (Wildman–Crippen LogP) is 4.28. The summed E-state index contributed by atoms with van der Waals surface area (Å²) in [6.45, 7) is 2.05. The summed E-state index contributed by atoms with van der Waals surface area (Å²) >= 11 is 0. The molecule has 0 radical (unpaired) electrons. The first-order valence-corrected chi connectivity index (χ1v) is 9.99. The van der Waals surface area contributed by atoms with Gasteiger partial charge in [0.2, 0.25) is 0 Å². The number of aromatic nitrogens is 1. The molecule has 4 rings (SSSR count). The first-order chi connectivity index (χ1) is 15.0. The van der Waals surface area contributed by atoms with Crippen LogP contribution in [0, 0.1) is 0 Å². The van der Waals surface area contributed by atoms with Crippen molar-refractivity contribution in [1.82, 2.24) is 4.98 Å². The van der Waals surface area contributed by atoms with Crippen molar-refractivity contribution in [3.8, 4) is 5.75 Å². The molecule has 0 saturated carbocycles. The smallest absolute Gasteiger partial charge is 0.300 e. The number of aliphatic hydroxyl groups excluding tert-OH is 1. The highest BCUT2D eigenvalue weighted by Crippen LogP contribution is 2.42. The molecule has 1 saturated heterocycles. The van der Waals surface area contributed by atoms with Gasteiger partial charge in [-0.25, -0.2) is 0 Å². The van der Waals surface area contributed by atoms with Crippen molar-refractivity contribution >= 4 is 23.1 Å². The molecule has 3 aromatic rings. The normalized spacial score (nSPS) is 17.7. The van der Waals surface area contributed by atoms with E-state index in [1.54, 1.807) is 43.5 Å². The van der Waals surface area contributed by atoms with Crippen LogP contribution in [0.1, 0.15) is 29.7 Å². The van der Waals surface area contributed by atoms with Crippen LogP contribution in [0.4, 0.5) is 5.69 Å². The monoisotopic (exact) mass is 414 g/mol. The number of rotatable bonds is 5. The minimum Gasteiger partial charge on any atom is -0.507 e. The standard InChI is InChI=1S/C25H22N2O4/c1-3-16-4-8-19(9-5-16)27-22(17-6-10-20(31-2)11-7-17)21(24(29)25(27)30)23(28)18-12-14-26-15-13-18/h4-15,22,28H,3H2,1-2H3/b23-21-.